The minimum Gasteiger partial charge on any atom is -0.269 e. The van der Waals surface area contributed by atoms with Crippen LogP contribution in [0.2, 0.25) is 0 Å². The van der Waals surface area contributed by atoms with Crippen LogP contribution in [0.1, 0.15) is 36.2 Å². The van der Waals surface area contributed by atoms with Crippen LogP contribution in [-0.4, -0.2) is 26.9 Å². The Balaban J connectivity index is 2.04. The number of amides is 2. The van der Waals surface area contributed by atoms with Crippen molar-refractivity contribution in [1.29, 1.82) is 0 Å². The lowest BCUT2D eigenvalue weighted by Gasteiger charge is -2.15. The van der Waals surface area contributed by atoms with Gasteiger partial charge in [-0.2, -0.15) is 0 Å². The summed E-state index contributed by atoms with van der Waals surface area (Å²) in [6.07, 6.45) is 1.67. The first-order valence-electron chi connectivity index (χ1n) is 8.63. The number of hydrogen-bond acceptors (Lipinski definition) is 4. The van der Waals surface area contributed by atoms with Crippen molar-refractivity contribution in [3.05, 3.63) is 69.9 Å². The average molecular weight is 366 g/mol. The van der Waals surface area contributed by atoms with E-state index >= 15 is 0 Å². The van der Waals surface area contributed by atoms with E-state index in [0.29, 0.717) is 16.2 Å². The molecule has 0 N–H and O–H groups in total. The van der Waals surface area contributed by atoms with Gasteiger partial charge >= 0.3 is 0 Å². The zero-order valence-electron chi connectivity index (χ0n) is 15.4. The monoisotopic (exact) mass is 366 g/mol. The second-order valence-corrected chi connectivity index (χ2v) is 8.29. The van der Waals surface area contributed by atoms with Gasteiger partial charge in [0.25, 0.3) is 11.8 Å². The Labute approximate surface area is 158 Å². The third kappa shape index (κ3) is 3.58. The van der Waals surface area contributed by atoms with Crippen molar-refractivity contribution in [1.82, 2.24) is 9.88 Å². The molecule has 1 aromatic carbocycles. The number of hydrogen-bond donors (Lipinski definition) is 0. The third-order valence-electron chi connectivity index (χ3n) is 4.18. The molecular formula is C21H22N2O2S. The van der Waals surface area contributed by atoms with E-state index in [1.54, 1.807) is 6.20 Å². The van der Waals surface area contributed by atoms with Crippen LogP contribution in [0.4, 0.5) is 0 Å². The highest BCUT2D eigenvalue weighted by Crippen LogP contribution is 2.39. The van der Waals surface area contributed by atoms with Gasteiger partial charge in [-0.25, -0.2) is 0 Å². The first-order chi connectivity index (χ1) is 12.4. The lowest BCUT2D eigenvalue weighted by atomic mass is 9.99. The van der Waals surface area contributed by atoms with Gasteiger partial charge in [0, 0.05) is 11.4 Å². The van der Waals surface area contributed by atoms with E-state index in [1.165, 1.54) is 16.7 Å². The summed E-state index contributed by atoms with van der Waals surface area (Å²) < 4.78 is 0. The number of carbonyl (C=O) groups excluding carboxylic acids is 2. The zero-order chi connectivity index (χ0) is 18.8. The molecule has 0 radical (unpaired) electrons. The molecule has 0 atom stereocenters. The molecule has 0 saturated carbocycles. The topological polar surface area (TPSA) is 50.3 Å². The smallest absolute Gasteiger partial charge is 0.268 e. The third-order valence-corrected chi connectivity index (χ3v) is 5.26. The number of aryl methyl sites for hydroxylation is 2. The molecule has 0 spiro atoms. The van der Waals surface area contributed by atoms with E-state index in [-0.39, 0.29) is 23.6 Å². The lowest BCUT2D eigenvalue weighted by molar-refractivity contribution is -0.137. The van der Waals surface area contributed by atoms with Crippen molar-refractivity contribution >= 4 is 29.1 Å². The van der Waals surface area contributed by atoms with Gasteiger partial charge in [-0.05, 0) is 37.1 Å². The van der Waals surface area contributed by atoms with Crippen LogP contribution in [-0.2, 0) is 16.1 Å². The highest BCUT2D eigenvalue weighted by molar-refractivity contribution is 8.04. The van der Waals surface area contributed by atoms with Crippen molar-refractivity contribution in [2.24, 2.45) is 0 Å². The standard InChI is InChI=1S/C21H22N2O2S/c1-13(2)26-19-18(17-9-8-14(3)11-15(17)4)20(24)23(21(19)25)12-16-7-5-6-10-22-16/h5-11,13H,12H2,1-4H3. The molecule has 3 rings (SSSR count). The zero-order valence-corrected chi connectivity index (χ0v) is 16.3. The molecule has 134 valence electrons. The first-order valence-corrected chi connectivity index (χ1v) is 9.51. The maximum atomic E-state index is 13.2. The molecule has 1 aliphatic heterocycles. The predicted molar refractivity (Wildman–Crippen MR) is 105 cm³/mol. The average Bonchev–Trinajstić information content (AvgIpc) is 2.80. The molecule has 2 heterocycles. The molecule has 4 nitrogen and oxygen atoms in total. The minimum absolute atomic E-state index is 0.190. The Morgan fingerprint density at radius 2 is 1.85 bits per heavy atom. The highest BCUT2D eigenvalue weighted by atomic mass is 32.2. The molecule has 1 aliphatic rings. The fraction of sp³-hybridized carbons (Fsp3) is 0.286. The van der Waals surface area contributed by atoms with Gasteiger partial charge in [-0.1, -0.05) is 43.7 Å². The summed E-state index contributed by atoms with van der Waals surface area (Å²) in [6.45, 7) is 8.23. The Kier molecular flexibility index (Phi) is 5.28. The van der Waals surface area contributed by atoms with E-state index in [0.717, 1.165) is 16.7 Å². The van der Waals surface area contributed by atoms with E-state index in [2.05, 4.69) is 4.98 Å². The van der Waals surface area contributed by atoms with Crippen molar-refractivity contribution in [2.75, 3.05) is 0 Å². The normalized spacial score (nSPS) is 14.7. The Morgan fingerprint density at radius 3 is 2.46 bits per heavy atom. The highest BCUT2D eigenvalue weighted by Gasteiger charge is 2.40. The lowest BCUT2D eigenvalue weighted by Crippen LogP contribution is -2.31. The number of nitrogens with zero attached hydrogens (tertiary/aromatic N) is 2. The second-order valence-electron chi connectivity index (χ2n) is 6.71. The summed E-state index contributed by atoms with van der Waals surface area (Å²) >= 11 is 1.45. The Hall–Kier alpha value is -2.40. The summed E-state index contributed by atoms with van der Waals surface area (Å²) in [6, 6.07) is 11.5. The summed E-state index contributed by atoms with van der Waals surface area (Å²) in [5.74, 6) is -0.468. The number of pyridine rings is 1. The first kappa shape index (κ1) is 18.4. The molecule has 2 aromatic rings. The molecule has 1 aromatic heterocycles. The quantitative estimate of drug-likeness (QED) is 0.747. The summed E-state index contributed by atoms with van der Waals surface area (Å²) in [4.78, 5) is 32.3. The van der Waals surface area contributed by atoms with Crippen molar-refractivity contribution < 1.29 is 9.59 Å². The van der Waals surface area contributed by atoms with Crippen LogP contribution in [0, 0.1) is 13.8 Å². The molecule has 0 unspecified atom stereocenters. The molecule has 0 saturated heterocycles. The van der Waals surface area contributed by atoms with Gasteiger partial charge in [0.05, 0.1) is 22.7 Å². The number of benzene rings is 1. The summed E-state index contributed by atoms with van der Waals surface area (Å²) in [5, 5.41) is 0.206. The second kappa shape index (κ2) is 7.46. The van der Waals surface area contributed by atoms with Crippen LogP contribution in [0.3, 0.4) is 0 Å². The molecule has 26 heavy (non-hydrogen) atoms. The minimum atomic E-state index is -0.240. The maximum Gasteiger partial charge on any atom is 0.268 e. The number of carbonyl (C=O) groups is 2. The van der Waals surface area contributed by atoms with E-state index in [9.17, 15) is 9.59 Å². The number of rotatable bonds is 5. The van der Waals surface area contributed by atoms with Gasteiger partial charge in [0.2, 0.25) is 0 Å². The Bertz CT molecular complexity index is 888. The van der Waals surface area contributed by atoms with Crippen LogP contribution in [0.5, 0.6) is 0 Å². The summed E-state index contributed by atoms with van der Waals surface area (Å²) in [7, 11) is 0. The van der Waals surface area contributed by atoms with Gasteiger partial charge in [0.1, 0.15) is 0 Å². The van der Waals surface area contributed by atoms with Crippen LogP contribution in [0.15, 0.2) is 47.5 Å². The van der Waals surface area contributed by atoms with E-state index in [4.69, 9.17) is 0 Å². The Morgan fingerprint density at radius 1 is 1.08 bits per heavy atom. The predicted octanol–water partition coefficient (Wildman–Crippen LogP) is 4.12. The molecule has 0 fully saturated rings. The van der Waals surface area contributed by atoms with Crippen molar-refractivity contribution in [3.8, 4) is 0 Å². The van der Waals surface area contributed by atoms with Crippen LogP contribution >= 0.6 is 11.8 Å². The van der Waals surface area contributed by atoms with E-state index in [1.807, 2.05) is 64.1 Å². The molecule has 5 heteroatoms. The van der Waals surface area contributed by atoms with Gasteiger partial charge in [0.15, 0.2) is 0 Å². The number of thioether (sulfide) groups is 1. The molecule has 0 aliphatic carbocycles. The number of imide groups is 1. The molecule has 0 bridgehead atoms. The maximum absolute atomic E-state index is 13.2. The molecule has 2 amide bonds. The van der Waals surface area contributed by atoms with Crippen LogP contribution < -0.4 is 0 Å². The van der Waals surface area contributed by atoms with E-state index < -0.39 is 0 Å². The SMILES string of the molecule is Cc1ccc(C2=C(SC(C)C)C(=O)N(Cc3ccccn3)C2=O)c(C)c1. The van der Waals surface area contributed by atoms with Gasteiger partial charge in [-0.3, -0.25) is 19.5 Å². The van der Waals surface area contributed by atoms with Crippen molar-refractivity contribution in [3.63, 3.8) is 0 Å². The van der Waals surface area contributed by atoms with Crippen molar-refractivity contribution in [2.45, 2.75) is 39.5 Å². The number of aromatic nitrogens is 1. The van der Waals surface area contributed by atoms with Crippen LogP contribution in [0.25, 0.3) is 5.57 Å². The van der Waals surface area contributed by atoms with Gasteiger partial charge in [-0.15, -0.1) is 11.8 Å². The summed E-state index contributed by atoms with van der Waals surface area (Å²) in [5.41, 5.74) is 4.18. The largest absolute Gasteiger partial charge is 0.269 e. The fourth-order valence-corrected chi connectivity index (χ4v) is 4.03. The fourth-order valence-electron chi connectivity index (χ4n) is 3.03. The van der Waals surface area contributed by atoms with Gasteiger partial charge < -0.3 is 0 Å². The molecular weight excluding hydrogens is 344 g/mol.